The van der Waals surface area contributed by atoms with E-state index < -0.39 is 35.6 Å². The molecule has 202 valence electrons. The van der Waals surface area contributed by atoms with E-state index in [2.05, 4.69) is 23.3 Å². The van der Waals surface area contributed by atoms with Crippen molar-refractivity contribution in [3.63, 3.8) is 0 Å². The van der Waals surface area contributed by atoms with E-state index in [0.717, 1.165) is 6.42 Å². The minimum Gasteiger partial charge on any atom is -0.508 e. The molecule has 9 nitrogen and oxygen atoms in total. The smallest absolute Gasteiger partial charge is 0.408 e. The molecule has 0 bridgehead atoms. The number of unbranched alkanes of at least 4 members (excludes halogenated alkanes) is 1. The maximum Gasteiger partial charge on any atom is 0.408 e. The molecule has 0 fully saturated rings. The van der Waals surface area contributed by atoms with Crippen molar-refractivity contribution in [1.29, 1.82) is 0 Å². The summed E-state index contributed by atoms with van der Waals surface area (Å²) in [6, 6.07) is 10.9. The van der Waals surface area contributed by atoms with Gasteiger partial charge in [-0.2, -0.15) is 12.6 Å². The summed E-state index contributed by atoms with van der Waals surface area (Å²) in [5, 5.41) is 16.0. The fourth-order valence-corrected chi connectivity index (χ4v) is 3.83. The zero-order valence-corrected chi connectivity index (χ0v) is 22.9. The first-order valence-corrected chi connectivity index (χ1v) is 12.8. The van der Waals surface area contributed by atoms with Gasteiger partial charge >= 0.3 is 6.09 Å². The minimum absolute atomic E-state index is 0.0196. The second kappa shape index (κ2) is 13.8. The molecule has 10 heteroatoms. The van der Waals surface area contributed by atoms with Gasteiger partial charge in [0.25, 0.3) is 5.91 Å². The third-order valence-electron chi connectivity index (χ3n) is 5.36. The van der Waals surface area contributed by atoms with Crippen LogP contribution in [0.15, 0.2) is 48.5 Å². The van der Waals surface area contributed by atoms with Crippen molar-refractivity contribution in [2.45, 2.75) is 58.2 Å². The van der Waals surface area contributed by atoms with Crippen LogP contribution in [0.25, 0.3) is 0 Å². The number of ether oxygens (including phenoxy) is 2. The van der Waals surface area contributed by atoms with E-state index in [1.807, 2.05) is 6.92 Å². The number of hydrogen-bond donors (Lipinski definition) is 4. The van der Waals surface area contributed by atoms with E-state index in [1.54, 1.807) is 70.3 Å². The third-order valence-corrected chi connectivity index (χ3v) is 5.72. The van der Waals surface area contributed by atoms with Crippen molar-refractivity contribution in [1.82, 2.24) is 10.2 Å². The van der Waals surface area contributed by atoms with Gasteiger partial charge in [-0.1, -0.05) is 31.5 Å². The van der Waals surface area contributed by atoms with E-state index in [9.17, 15) is 19.5 Å². The van der Waals surface area contributed by atoms with Gasteiger partial charge in [0, 0.05) is 23.5 Å². The van der Waals surface area contributed by atoms with E-state index in [4.69, 9.17) is 9.47 Å². The summed E-state index contributed by atoms with van der Waals surface area (Å²) in [4.78, 5) is 41.2. The SMILES string of the molecule is CCCCN(C(=O)C(CS)NC(=O)OC(C)(C)C)C(C(=O)Nc1ccc(OC)cc1)c1ccccc1O. The first kappa shape index (κ1) is 29.8. The van der Waals surface area contributed by atoms with E-state index >= 15 is 0 Å². The molecule has 3 amide bonds. The summed E-state index contributed by atoms with van der Waals surface area (Å²) in [5.74, 6) is -0.568. The third kappa shape index (κ3) is 8.89. The van der Waals surface area contributed by atoms with E-state index in [0.29, 0.717) is 17.9 Å². The number of alkyl carbamates (subject to hydrolysis) is 1. The molecule has 0 saturated carbocycles. The lowest BCUT2D eigenvalue weighted by Crippen LogP contribution is -2.53. The van der Waals surface area contributed by atoms with Gasteiger partial charge in [-0.25, -0.2) is 4.79 Å². The summed E-state index contributed by atoms with van der Waals surface area (Å²) < 4.78 is 10.5. The van der Waals surface area contributed by atoms with Crippen LogP contribution in [-0.4, -0.2) is 59.0 Å². The summed E-state index contributed by atoms with van der Waals surface area (Å²) >= 11 is 4.27. The van der Waals surface area contributed by atoms with Gasteiger partial charge in [0.05, 0.1) is 7.11 Å². The molecule has 0 saturated heterocycles. The lowest BCUT2D eigenvalue weighted by molar-refractivity contribution is -0.140. The summed E-state index contributed by atoms with van der Waals surface area (Å²) in [6.45, 7) is 7.33. The number of nitrogens with zero attached hydrogens (tertiary/aromatic N) is 1. The van der Waals surface area contributed by atoms with Crippen molar-refractivity contribution in [2.75, 3.05) is 24.7 Å². The van der Waals surface area contributed by atoms with Crippen molar-refractivity contribution in [3.05, 3.63) is 54.1 Å². The Labute approximate surface area is 223 Å². The average Bonchev–Trinajstić information content (AvgIpc) is 2.84. The first-order chi connectivity index (χ1) is 17.5. The van der Waals surface area contributed by atoms with Gasteiger partial charge in [0.1, 0.15) is 29.2 Å². The fourth-order valence-electron chi connectivity index (χ4n) is 3.58. The van der Waals surface area contributed by atoms with Crippen LogP contribution in [-0.2, 0) is 14.3 Å². The molecule has 0 aliphatic rings. The van der Waals surface area contributed by atoms with Gasteiger partial charge in [0.15, 0.2) is 0 Å². The number of para-hydroxylation sites is 1. The monoisotopic (exact) mass is 531 g/mol. The number of carbonyl (C=O) groups excluding carboxylic acids is 3. The molecule has 2 aromatic rings. The van der Waals surface area contributed by atoms with Gasteiger partial charge in [-0.15, -0.1) is 0 Å². The molecule has 2 aromatic carbocycles. The van der Waals surface area contributed by atoms with E-state index in [1.165, 1.54) is 11.0 Å². The zero-order chi connectivity index (χ0) is 27.6. The summed E-state index contributed by atoms with van der Waals surface area (Å²) in [6.07, 6.45) is 0.580. The number of thiol groups is 1. The molecular formula is C27H37N3O6S. The molecule has 37 heavy (non-hydrogen) atoms. The molecule has 0 aliphatic carbocycles. The topological polar surface area (TPSA) is 117 Å². The highest BCUT2D eigenvalue weighted by Gasteiger charge is 2.36. The molecular weight excluding hydrogens is 494 g/mol. The van der Waals surface area contributed by atoms with Crippen LogP contribution < -0.4 is 15.4 Å². The number of phenolic OH excluding ortho intramolecular Hbond substituents is 1. The largest absolute Gasteiger partial charge is 0.508 e. The van der Waals surface area contributed by atoms with Crippen LogP contribution in [0, 0.1) is 0 Å². The van der Waals surface area contributed by atoms with Gasteiger partial charge in [-0.05, 0) is 57.5 Å². The van der Waals surface area contributed by atoms with Gasteiger partial charge in [0.2, 0.25) is 5.91 Å². The average molecular weight is 532 g/mol. The lowest BCUT2D eigenvalue weighted by atomic mass is 10.0. The standard InChI is InChI=1S/C27H37N3O6S/c1-6-7-16-30(25(33)21(17-37)29-26(34)36-27(2,3)4)23(20-10-8-9-11-22(20)31)24(32)28-18-12-14-19(35-5)15-13-18/h8-15,21,23,31,37H,6-7,16-17H2,1-5H3,(H,28,32)(H,29,34). The highest BCUT2D eigenvalue weighted by Crippen LogP contribution is 2.31. The summed E-state index contributed by atoms with van der Waals surface area (Å²) in [5.41, 5.74) is -0.00726. The molecule has 2 unspecified atom stereocenters. The number of methoxy groups -OCH3 is 1. The van der Waals surface area contributed by atoms with Gasteiger partial charge < -0.3 is 30.1 Å². The number of nitrogens with one attached hydrogen (secondary N) is 2. The Balaban J connectivity index is 2.45. The Hall–Kier alpha value is -3.40. The van der Waals surface area contributed by atoms with Crippen molar-refractivity contribution in [3.8, 4) is 11.5 Å². The van der Waals surface area contributed by atoms with Crippen LogP contribution in [0.3, 0.4) is 0 Å². The number of phenols is 1. The molecule has 3 N–H and O–H groups in total. The number of amides is 3. The molecule has 0 spiro atoms. The molecule has 0 aromatic heterocycles. The first-order valence-electron chi connectivity index (χ1n) is 12.1. The Morgan fingerprint density at radius 1 is 1.08 bits per heavy atom. The number of carbonyl (C=O) groups is 3. The maximum absolute atomic E-state index is 13.8. The molecule has 0 radical (unpaired) electrons. The second-order valence-electron chi connectivity index (χ2n) is 9.45. The molecule has 2 rings (SSSR count). The van der Waals surface area contributed by atoms with Crippen molar-refractivity contribution in [2.24, 2.45) is 0 Å². The van der Waals surface area contributed by atoms with Crippen molar-refractivity contribution < 1.29 is 29.0 Å². The quantitative estimate of drug-likeness (QED) is 0.317. The zero-order valence-electron chi connectivity index (χ0n) is 22.0. The van der Waals surface area contributed by atoms with Crippen LogP contribution in [0.4, 0.5) is 10.5 Å². The van der Waals surface area contributed by atoms with Crippen molar-refractivity contribution >= 4 is 36.2 Å². The minimum atomic E-state index is -1.18. The predicted molar refractivity (Wildman–Crippen MR) is 146 cm³/mol. The van der Waals surface area contributed by atoms with Crippen LogP contribution in [0.1, 0.15) is 52.1 Å². The van der Waals surface area contributed by atoms with Crippen LogP contribution in [0.2, 0.25) is 0 Å². The highest BCUT2D eigenvalue weighted by molar-refractivity contribution is 7.80. The Bertz CT molecular complexity index is 1050. The number of anilines is 1. The Kier molecular flexibility index (Phi) is 11.1. The molecule has 2 atom stereocenters. The van der Waals surface area contributed by atoms with Crippen LogP contribution >= 0.6 is 12.6 Å². The number of aromatic hydroxyl groups is 1. The lowest BCUT2D eigenvalue weighted by Gasteiger charge is -2.34. The normalized spacial score (nSPS) is 12.7. The van der Waals surface area contributed by atoms with Gasteiger partial charge in [-0.3, -0.25) is 9.59 Å². The molecule has 0 heterocycles. The number of rotatable bonds is 11. The summed E-state index contributed by atoms with van der Waals surface area (Å²) in [7, 11) is 1.54. The predicted octanol–water partition coefficient (Wildman–Crippen LogP) is 4.53. The van der Waals surface area contributed by atoms with Crippen LogP contribution in [0.5, 0.6) is 11.5 Å². The fraction of sp³-hybridized carbons (Fsp3) is 0.444. The Morgan fingerprint density at radius 2 is 1.73 bits per heavy atom. The maximum atomic E-state index is 13.8. The van der Waals surface area contributed by atoms with E-state index in [-0.39, 0.29) is 23.6 Å². The number of hydrogen-bond acceptors (Lipinski definition) is 7. The highest BCUT2D eigenvalue weighted by atomic mass is 32.1. The molecule has 0 aliphatic heterocycles. The Morgan fingerprint density at radius 3 is 2.27 bits per heavy atom. The number of benzene rings is 2. The second-order valence-corrected chi connectivity index (χ2v) is 9.81.